The monoisotopic (exact) mass is 266 g/mol. The molecule has 1 aliphatic heterocycles. The second kappa shape index (κ2) is 5.95. The minimum Gasteiger partial charge on any atom is -0.497 e. The Bertz CT molecular complexity index is 411. The van der Waals surface area contributed by atoms with Crippen molar-refractivity contribution in [3.8, 4) is 5.75 Å². The van der Waals surface area contributed by atoms with Gasteiger partial charge in [-0.05, 0) is 37.2 Å². The highest BCUT2D eigenvalue weighted by molar-refractivity contribution is 7.99. The van der Waals surface area contributed by atoms with Crippen molar-refractivity contribution in [2.75, 3.05) is 32.2 Å². The van der Waals surface area contributed by atoms with Gasteiger partial charge in [0, 0.05) is 30.1 Å². The Morgan fingerprint density at radius 1 is 1.50 bits per heavy atom. The average Bonchev–Trinajstić information content (AvgIpc) is 2.38. The van der Waals surface area contributed by atoms with Gasteiger partial charge < -0.3 is 10.5 Å². The molecule has 1 saturated heterocycles. The molecular weight excluding hydrogens is 244 g/mol. The van der Waals surface area contributed by atoms with Crippen molar-refractivity contribution < 1.29 is 4.74 Å². The Kier molecular flexibility index (Phi) is 4.54. The maximum Gasteiger partial charge on any atom is 0.119 e. The average molecular weight is 266 g/mol. The predicted octanol–water partition coefficient (Wildman–Crippen LogP) is 2.05. The van der Waals surface area contributed by atoms with Crippen molar-refractivity contribution >= 4 is 11.8 Å². The summed E-state index contributed by atoms with van der Waals surface area (Å²) < 4.78 is 5.24. The van der Waals surface area contributed by atoms with Crippen LogP contribution in [0.2, 0.25) is 0 Å². The van der Waals surface area contributed by atoms with E-state index in [1.54, 1.807) is 7.11 Å². The third-order valence-electron chi connectivity index (χ3n) is 3.69. The Balaban J connectivity index is 2.19. The fourth-order valence-electron chi connectivity index (χ4n) is 2.44. The van der Waals surface area contributed by atoms with Crippen LogP contribution in [0.5, 0.6) is 5.75 Å². The first kappa shape index (κ1) is 13.7. The fourth-order valence-corrected chi connectivity index (χ4v) is 3.73. The van der Waals surface area contributed by atoms with Gasteiger partial charge in [-0.25, -0.2) is 0 Å². The lowest BCUT2D eigenvalue weighted by Gasteiger charge is -2.36. The molecule has 2 rings (SSSR count). The van der Waals surface area contributed by atoms with Gasteiger partial charge in [-0.15, -0.1) is 0 Å². The maximum atomic E-state index is 6.46. The molecule has 0 saturated carbocycles. The number of hydrogen-bond donors (Lipinski definition) is 1. The molecule has 1 aliphatic rings. The van der Waals surface area contributed by atoms with Gasteiger partial charge in [0.25, 0.3) is 0 Å². The molecule has 2 unspecified atom stereocenters. The SMILES string of the molecule is COc1ccc(C(N)C2CSCCN2C)c(C)c1. The summed E-state index contributed by atoms with van der Waals surface area (Å²) in [5, 5.41) is 0. The molecule has 0 radical (unpaired) electrons. The van der Waals surface area contributed by atoms with E-state index < -0.39 is 0 Å². The number of benzene rings is 1. The maximum absolute atomic E-state index is 6.46. The predicted molar refractivity (Wildman–Crippen MR) is 78.4 cm³/mol. The molecule has 1 heterocycles. The highest BCUT2D eigenvalue weighted by atomic mass is 32.2. The number of nitrogens with two attached hydrogens (primary N) is 1. The van der Waals surface area contributed by atoms with E-state index in [4.69, 9.17) is 10.5 Å². The molecular formula is C14H22N2OS. The van der Waals surface area contributed by atoms with E-state index in [1.807, 2.05) is 17.8 Å². The van der Waals surface area contributed by atoms with Crippen LogP contribution < -0.4 is 10.5 Å². The van der Waals surface area contributed by atoms with Crippen LogP contribution >= 0.6 is 11.8 Å². The molecule has 0 spiro atoms. The summed E-state index contributed by atoms with van der Waals surface area (Å²) in [5.74, 6) is 3.22. The number of thioether (sulfide) groups is 1. The molecule has 1 aromatic carbocycles. The summed E-state index contributed by atoms with van der Waals surface area (Å²) in [4.78, 5) is 2.38. The van der Waals surface area contributed by atoms with Crippen molar-refractivity contribution in [3.63, 3.8) is 0 Å². The summed E-state index contributed by atoms with van der Waals surface area (Å²) in [6.07, 6.45) is 0. The van der Waals surface area contributed by atoms with Crippen molar-refractivity contribution in [3.05, 3.63) is 29.3 Å². The molecule has 2 atom stereocenters. The zero-order valence-electron chi connectivity index (χ0n) is 11.3. The van der Waals surface area contributed by atoms with Crippen LogP contribution in [-0.4, -0.2) is 43.1 Å². The molecule has 1 fully saturated rings. The highest BCUT2D eigenvalue weighted by Gasteiger charge is 2.27. The highest BCUT2D eigenvalue weighted by Crippen LogP contribution is 2.28. The zero-order valence-corrected chi connectivity index (χ0v) is 12.2. The summed E-state index contributed by atoms with van der Waals surface area (Å²) in [7, 11) is 3.86. The summed E-state index contributed by atoms with van der Waals surface area (Å²) in [5.41, 5.74) is 8.90. The number of aryl methyl sites for hydroxylation is 1. The second-order valence-corrected chi connectivity index (χ2v) is 6.02. The van der Waals surface area contributed by atoms with E-state index in [-0.39, 0.29) is 6.04 Å². The first-order valence-electron chi connectivity index (χ1n) is 6.31. The van der Waals surface area contributed by atoms with E-state index >= 15 is 0 Å². The van der Waals surface area contributed by atoms with Crippen LogP contribution in [0.25, 0.3) is 0 Å². The van der Waals surface area contributed by atoms with Crippen LogP contribution in [0.15, 0.2) is 18.2 Å². The Labute approximate surface area is 114 Å². The van der Waals surface area contributed by atoms with Crippen LogP contribution in [0.3, 0.4) is 0 Å². The van der Waals surface area contributed by atoms with Gasteiger partial charge in [-0.2, -0.15) is 11.8 Å². The van der Waals surface area contributed by atoms with Crippen LogP contribution in [-0.2, 0) is 0 Å². The molecule has 100 valence electrons. The zero-order chi connectivity index (χ0) is 13.1. The van der Waals surface area contributed by atoms with Gasteiger partial charge in [-0.1, -0.05) is 6.07 Å². The second-order valence-electron chi connectivity index (χ2n) is 4.87. The smallest absolute Gasteiger partial charge is 0.119 e. The third kappa shape index (κ3) is 2.82. The van der Waals surface area contributed by atoms with Gasteiger partial charge in [0.1, 0.15) is 5.75 Å². The van der Waals surface area contributed by atoms with Gasteiger partial charge in [0.2, 0.25) is 0 Å². The van der Waals surface area contributed by atoms with Gasteiger partial charge in [0.05, 0.1) is 7.11 Å². The van der Waals surface area contributed by atoms with Crippen LogP contribution in [0, 0.1) is 6.92 Å². The van der Waals surface area contributed by atoms with E-state index in [2.05, 4.69) is 31.0 Å². The number of likely N-dealkylation sites (N-methyl/N-ethyl adjacent to an activating group) is 1. The van der Waals surface area contributed by atoms with Crippen LogP contribution in [0.1, 0.15) is 17.2 Å². The van der Waals surface area contributed by atoms with Crippen molar-refractivity contribution in [1.82, 2.24) is 4.90 Å². The molecule has 2 N–H and O–H groups in total. The van der Waals surface area contributed by atoms with E-state index in [1.165, 1.54) is 16.9 Å². The van der Waals surface area contributed by atoms with Gasteiger partial charge in [-0.3, -0.25) is 4.90 Å². The standard InChI is InChI=1S/C14H22N2OS/c1-10-8-11(17-3)4-5-12(10)14(15)13-9-18-7-6-16(13)2/h4-5,8,13-14H,6-7,9,15H2,1-3H3. The van der Waals surface area contributed by atoms with Crippen molar-refractivity contribution in [2.24, 2.45) is 5.73 Å². The summed E-state index contributed by atoms with van der Waals surface area (Å²) in [6.45, 7) is 3.23. The van der Waals surface area contributed by atoms with Gasteiger partial charge in [0.15, 0.2) is 0 Å². The van der Waals surface area contributed by atoms with Gasteiger partial charge >= 0.3 is 0 Å². The molecule has 0 aliphatic carbocycles. The summed E-state index contributed by atoms with van der Waals surface area (Å²) >= 11 is 2.00. The first-order chi connectivity index (χ1) is 8.63. The number of methoxy groups -OCH3 is 1. The topological polar surface area (TPSA) is 38.5 Å². The molecule has 18 heavy (non-hydrogen) atoms. The van der Waals surface area contributed by atoms with E-state index in [0.717, 1.165) is 18.0 Å². The van der Waals surface area contributed by atoms with Crippen LogP contribution in [0.4, 0.5) is 0 Å². The lowest BCUT2D eigenvalue weighted by atomic mass is 9.96. The molecule has 1 aromatic rings. The minimum absolute atomic E-state index is 0.0775. The number of rotatable bonds is 3. The lowest BCUT2D eigenvalue weighted by Crippen LogP contribution is -2.46. The molecule has 0 amide bonds. The molecule has 0 aromatic heterocycles. The Hall–Kier alpha value is -0.710. The van der Waals surface area contributed by atoms with E-state index in [9.17, 15) is 0 Å². The van der Waals surface area contributed by atoms with Crippen molar-refractivity contribution in [2.45, 2.75) is 19.0 Å². The Morgan fingerprint density at radius 2 is 2.28 bits per heavy atom. The normalized spacial score (nSPS) is 22.8. The third-order valence-corrected chi connectivity index (χ3v) is 4.74. The quantitative estimate of drug-likeness (QED) is 0.909. The molecule has 0 bridgehead atoms. The fraction of sp³-hybridized carbons (Fsp3) is 0.571. The number of hydrogen-bond acceptors (Lipinski definition) is 4. The molecule has 4 heteroatoms. The number of nitrogens with zero attached hydrogens (tertiary/aromatic N) is 1. The van der Waals surface area contributed by atoms with Crippen molar-refractivity contribution in [1.29, 1.82) is 0 Å². The first-order valence-corrected chi connectivity index (χ1v) is 7.47. The number of ether oxygens (including phenoxy) is 1. The molecule has 3 nitrogen and oxygen atoms in total. The minimum atomic E-state index is 0.0775. The van der Waals surface area contributed by atoms with E-state index in [0.29, 0.717) is 6.04 Å². The lowest BCUT2D eigenvalue weighted by molar-refractivity contribution is 0.237. The Morgan fingerprint density at radius 3 is 2.89 bits per heavy atom. The summed E-state index contributed by atoms with van der Waals surface area (Å²) in [6, 6.07) is 6.67. The largest absolute Gasteiger partial charge is 0.497 e.